The number of carbonyl (C=O) groups excluding carboxylic acids is 2. The molecule has 0 saturated heterocycles. The number of carbonyl (C=O) groups is 2. The van der Waals surface area contributed by atoms with Crippen LogP contribution in [0.3, 0.4) is 0 Å². The molecule has 0 bridgehead atoms. The predicted octanol–water partition coefficient (Wildman–Crippen LogP) is 1.04. The number of aromatic hydroxyl groups is 1. The van der Waals surface area contributed by atoms with Gasteiger partial charge < -0.3 is 19.3 Å². The molecule has 0 aromatic heterocycles. The monoisotopic (exact) mass is 264 g/mol. The molecule has 1 unspecified atom stereocenters. The first-order valence-electron chi connectivity index (χ1n) is 5.53. The molecule has 1 aromatic rings. The molecule has 19 heavy (non-hydrogen) atoms. The highest BCUT2D eigenvalue weighted by Crippen LogP contribution is 2.24. The zero-order valence-electron chi connectivity index (χ0n) is 10.2. The van der Waals surface area contributed by atoms with Crippen LogP contribution < -0.4 is 4.74 Å². The molecule has 1 aliphatic heterocycles. The average molecular weight is 264 g/mol. The highest BCUT2D eigenvalue weighted by Gasteiger charge is 2.20. The first kappa shape index (κ1) is 12.9. The zero-order chi connectivity index (χ0) is 13.8. The Hall–Kier alpha value is -2.50. The minimum absolute atomic E-state index is 0.0129. The molecular formula is C13H12O6. The van der Waals surface area contributed by atoms with Gasteiger partial charge in [-0.3, -0.25) is 0 Å². The standard InChI is InChI=1S/C13H12O6/c1-17-11-6-8(14)2-4-10(11)13(16)18-7-9-3-5-12(15)19-9/h2-6,9,14H,7H2,1H3. The van der Waals surface area contributed by atoms with Crippen molar-refractivity contribution in [1.29, 1.82) is 0 Å². The zero-order valence-corrected chi connectivity index (χ0v) is 10.2. The van der Waals surface area contributed by atoms with Crippen LogP contribution in [0.25, 0.3) is 0 Å². The van der Waals surface area contributed by atoms with Crippen molar-refractivity contribution < 1.29 is 28.9 Å². The molecule has 1 heterocycles. The van der Waals surface area contributed by atoms with Crippen LogP contribution in [-0.2, 0) is 14.3 Å². The third-order valence-electron chi connectivity index (χ3n) is 2.50. The van der Waals surface area contributed by atoms with Gasteiger partial charge in [-0.15, -0.1) is 0 Å². The van der Waals surface area contributed by atoms with Crippen LogP contribution in [0, 0.1) is 0 Å². The molecule has 1 aliphatic rings. The van der Waals surface area contributed by atoms with E-state index in [0.29, 0.717) is 0 Å². The highest BCUT2D eigenvalue weighted by atomic mass is 16.6. The minimum Gasteiger partial charge on any atom is -0.508 e. The quantitative estimate of drug-likeness (QED) is 0.818. The summed E-state index contributed by atoms with van der Waals surface area (Å²) in [7, 11) is 1.38. The normalized spacial score (nSPS) is 17.1. The number of rotatable bonds is 4. The maximum absolute atomic E-state index is 11.8. The summed E-state index contributed by atoms with van der Waals surface area (Å²) in [6.07, 6.45) is 2.24. The van der Waals surface area contributed by atoms with Gasteiger partial charge in [0.25, 0.3) is 0 Å². The maximum Gasteiger partial charge on any atom is 0.342 e. The predicted molar refractivity (Wildman–Crippen MR) is 64.0 cm³/mol. The van der Waals surface area contributed by atoms with E-state index in [0.717, 1.165) is 0 Å². The van der Waals surface area contributed by atoms with Crippen LogP contribution >= 0.6 is 0 Å². The second-order valence-electron chi connectivity index (χ2n) is 3.82. The molecule has 0 spiro atoms. The van der Waals surface area contributed by atoms with Crippen LogP contribution in [0.5, 0.6) is 11.5 Å². The van der Waals surface area contributed by atoms with Gasteiger partial charge in [-0.1, -0.05) is 0 Å². The number of hydrogen-bond donors (Lipinski definition) is 1. The summed E-state index contributed by atoms with van der Waals surface area (Å²) in [5.41, 5.74) is 0.189. The van der Waals surface area contributed by atoms with Gasteiger partial charge in [0.1, 0.15) is 23.7 Å². The van der Waals surface area contributed by atoms with Crippen molar-refractivity contribution >= 4 is 11.9 Å². The largest absolute Gasteiger partial charge is 0.508 e. The summed E-state index contributed by atoms with van der Waals surface area (Å²) in [5, 5.41) is 9.28. The second-order valence-corrected chi connectivity index (χ2v) is 3.82. The third kappa shape index (κ3) is 3.04. The van der Waals surface area contributed by atoms with Crippen molar-refractivity contribution in [1.82, 2.24) is 0 Å². The summed E-state index contributed by atoms with van der Waals surface area (Å²) >= 11 is 0. The molecule has 1 atom stereocenters. The van der Waals surface area contributed by atoms with Crippen LogP contribution in [0.15, 0.2) is 30.4 Å². The van der Waals surface area contributed by atoms with Gasteiger partial charge in [0, 0.05) is 12.1 Å². The van der Waals surface area contributed by atoms with Gasteiger partial charge in [-0.2, -0.15) is 0 Å². The number of phenolic OH excluding ortho intramolecular Hbond substituents is 1. The van der Waals surface area contributed by atoms with Crippen molar-refractivity contribution in [2.45, 2.75) is 6.10 Å². The lowest BCUT2D eigenvalue weighted by molar-refractivity contribution is -0.140. The van der Waals surface area contributed by atoms with Crippen molar-refractivity contribution in [2.75, 3.05) is 13.7 Å². The summed E-state index contributed by atoms with van der Waals surface area (Å²) in [4.78, 5) is 22.6. The minimum atomic E-state index is -0.617. The first-order valence-corrected chi connectivity index (χ1v) is 5.53. The molecule has 6 nitrogen and oxygen atoms in total. The lowest BCUT2D eigenvalue weighted by Gasteiger charge is -2.11. The number of cyclic esters (lactones) is 1. The number of methoxy groups -OCH3 is 1. The molecule has 0 fully saturated rings. The van der Waals surface area contributed by atoms with Crippen molar-refractivity contribution in [3.63, 3.8) is 0 Å². The fourth-order valence-electron chi connectivity index (χ4n) is 1.59. The van der Waals surface area contributed by atoms with E-state index in [2.05, 4.69) is 0 Å². The van der Waals surface area contributed by atoms with Crippen LogP contribution in [0.2, 0.25) is 0 Å². The van der Waals surface area contributed by atoms with E-state index in [1.54, 1.807) is 0 Å². The van der Waals surface area contributed by atoms with Crippen LogP contribution in [-0.4, -0.2) is 36.9 Å². The van der Waals surface area contributed by atoms with E-state index in [-0.39, 0.29) is 23.7 Å². The number of ether oxygens (including phenoxy) is 3. The number of hydrogen-bond acceptors (Lipinski definition) is 6. The fraction of sp³-hybridized carbons (Fsp3) is 0.231. The lowest BCUT2D eigenvalue weighted by Crippen LogP contribution is -2.19. The van der Waals surface area contributed by atoms with Gasteiger partial charge in [0.15, 0.2) is 6.10 Å². The van der Waals surface area contributed by atoms with Crippen molar-refractivity contribution in [3.05, 3.63) is 35.9 Å². The van der Waals surface area contributed by atoms with E-state index in [1.165, 1.54) is 37.5 Å². The van der Waals surface area contributed by atoms with Gasteiger partial charge in [-0.25, -0.2) is 9.59 Å². The Morgan fingerprint density at radius 1 is 1.47 bits per heavy atom. The molecule has 0 amide bonds. The van der Waals surface area contributed by atoms with E-state index in [1.807, 2.05) is 0 Å². The molecule has 1 aromatic carbocycles. The Kier molecular flexibility index (Phi) is 3.70. The number of esters is 2. The van der Waals surface area contributed by atoms with E-state index in [4.69, 9.17) is 14.2 Å². The van der Waals surface area contributed by atoms with E-state index >= 15 is 0 Å². The van der Waals surface area contributed by atoms with E-state index < -0.39 is 18.0 Å². The summed E-state index contributed by atoms with van der Waals surface area (Å²) in [6, 6.07) is 4.06. The lowest BCUT2D eigenvalue weighted by atomic mass is 10.2. The third-order valence-corrected chi connectivity index (χ3v) is 2.50. The Balaban J connectivity index is 2.00. The average Bonchev–Trinajstić information content (AvgIpc) is 2.81. The Bertz CT molecular complexity index is 534. The second kappa shape index (κ2) is 5.43. The summed E-state index contributed by atoms with van der Waals surface area (Å²) in [6.45, 7) is -0.0644. The molecule has 2 rings (SSSR count). The highest BCUT2D eigenvalue weighted by molar-refractivity contribution is 5.92. The number of benzene rings is 1. The topological polar surface area (TPSA) is 82.1 Å². The maximum atomic E-state index is 11.8. The number of phenols is 1. The van der Waals surface area contributed by atoms with Gasteiger partial charge in [0.2, 0.25) is 0 Å². The Morgan fingerprint density at radius 3 is 2.89 bits per heavy atom. The van der Waals surface area contributed by atoms with Gasteiger partial charge >= 0.3 is 11.9 Å². The molecule has 0 aliphatic carbocycles. The van der Waals surface area contributed by atoms with Gasteiger partial charge in [-0.05, 0) is 18.2 Å². The molecule has 0 radical (unpaired) electrons. The van der Waals surface area contributed by atoms with Crippen molar-refractivity contribution in [2.24, 2.45) is 0 Å². The first-order chi connectivity index (χ1) is 9.10. The molecular weight excluding hydrogens is 252 g/mol. The molecule has 100 valence electrons. The Labute approximate surface area is 109 Å². The Morgan fingerprint density at radius 2 is 2.26 bits per heavy atom. The van der Waals surface area contributed by atoms with Crippen LogP contribution in [0.1, 0.15) is 10.4 Å². The van der Waals surface area contributed by atoms with Gasteiger partial charge in [0.05, 0.1) is 7.11 Å². The van der Waals surface area contributed by atoms with E-state index in [9.17, 15) is 14.7 Å². The summed E-state index contributed by atoms with van der Waals surface area (Å²) < 4.78 is 14.8. The fourth-order valence-corrected chi connectivity index (χ4v) is 1.59. The smallest absolute Gasteiger partial charge is 0.342 e. The SMILES string of the molecule is COc1cc(O)ccc1C(=O)OCC1C=CC(=O)O1. The molecule has 0 saturated carbocycles. The molecule has 1 N–H and O–H groups in total. The van der Waals surface area contributed by atoms with Crippen LogP contribution in [0.4, 0.5) is 0 Å². The molecule has 6 heteroatoms. The van der Waals surface area contributed by atoms with Crippen molar-refractivity contribution in [3.8, 4) is 11.5 Å². The summed E-state index contributed by atoms with van der Waals surface area (Å²) in [5.74, 6) is -0.874.